The fraction of sp³-hybridized carbons (Fsp3) is 0.625. The SMILES string of the molecule is COc1ccc(Cl)cc1CNC1CC(C)CC(C)C1. The molecule has 2 atom stereocenters. The lowest BCUT2D eigenvalue weighted by Crippen LogP contribution is -2.35. The zero-order valence-electron chi connectivity index (χ0n) is 12.1. The molecule has 0 saturated heterocycles. The number of ether oxygens (including phenoxy) is 1. The average Bonchev–Trinajstić information content (AvgIpc) is 2.35. The van der Waals surface area contributed by atoms with E-state index in [2.05, 4.69) is 19.2 Å². The number of methoxy groups -OCH3 is 1. The van der Waals surface area contributed by atoms with Gasteiger partial charge in [-0.3, -0.25) is 0 Å². The van der Waals surface area contributed by atoms with E-state index in [1.165, 1.54) is 19.3 Å². The van der Waals surface area contributed by atoms with Crippen LogP contribution in [0.4, 0.5) is 0 Å². The average molecular weight is 282 g/mol. The summed E-state index contributed by atoms with van der Waals surface area (Å²) in [4.78, 5) is 0. The monoisotopic (exact) mass is 281 g/mol. The zero-order chi connectivity index (χ0) is 13.8. The van der Waals surface area contributed by atoms with E-state index in [4.69, 9.17) is 16.3 Å². The number of halogens is 1. The zero-order valence-corrected chi connectivity index (χ0v) is 12.8. The Labute approximate surface area is 121 Å². The first kappa shape index (κ1) is 14.7. The third kappa shape index (κ3) is 4.12. The predicted molar refractivity (Wildman–Crippen MR) is 80.8 cm³/mol. The molecule has 19 heavy (non-hydrogen) atoms. The second-order valence-electron chi connectivity index (χ2n) is 5.95. The highest BCUT2D eigenvalue weighted by molar-refractivity contribution is 6.30. The van der Waals surface area contributed by atoms with Crippen LogP contribution < -0.4 is 10.1 Å². The van der Waals surface area contributed by atoms with Gasteiger partial charge in [-0.2, -0.15) is 0 Å². The molecule has 1 aromatic carbocycles. The number of benzene rings is 1. The van der Waals surface area contributed by atoms with Crippen molar-refractivity contribution in [1.82, 2.24) is 5.32 Å². The summed E-state index contributed by atoms with van der Waals surface area (Å²) in [5.74, 6) is 2.55. The molecule has 1 fully saturated rings. The van der Waals surface area contributed by atoms with Gasteiger partial charge in [-0.05, 0) is 49.3 Å². The molecule has 1 aliphatic rings. The molecule has 0 aromatic heterocycles. The largest absolute Gasteiger partial charge is 0.496 e. The molecule has 1 aromatic rings. The lowest BCUT2D eigenvalue weighted by molar-refractivity contribution is 0.237. The van der Waals surface area contributed by atoms with Gasteiger partial charge in [-0.1, -0.05) is 25.4 Å². The second kappa shape index (κ2) is 6.62. The van der Waals surface area contributed by atoms with Gasteiger partial charge in [0.1, 0.15) is 5.75 Å². The fourth-order valence-corrected chi connectivity index (χ4v) is 3.45. The number of hydrogen-bond donors (Lipinski definition) is 1. The van der Waals surface area contributed by atoms with Crippen molar-refractivity contribution in [3.63, 3.8) is 0 Å². The fourth-order valence-electron chi connectivity index (χ4n) is 3.25. The van der Waals surface area contributed by atoms with Crippen LogP contribution in [-0.4, -0.2) is 13.2 Å². The Kier molecular flexibility index (Phi) is 5.12. The minimum Gasteiger partial charge on any atom is -0.496 e. The van der Waals surface area contributed by atoms with Crippen LogP contribution in [0.1, 0.15) is 38.7 Å². The highest BCUT2D eigenvalue weighted by Crippen LogP contribution is 2.29. The van der Waals surface area contributed by atoms with Crippen molar-refractivity contribution >= 4 is 11.6 Å². The van der Waals surface area contributed by atoms with Crippen molar-refractivity contribution < 1.29 is 4.74 Å². The first-order valence-corrected chi connectivity index (χ1v) is 7.52. The number of rotatable bonds is 4. The predicted octanol–water partition coefficient (Wildman–Crippen LogP) is 4.26. The van der Waals surface area contributed by atoms with Crippen LogP contribution in [0.3, 0.4) is 0 Å². The topological polar surface area (TPSA) is 21.3 Å². The van der Waals surface area contributed by atoms with Crippen molar-refractivity contribution in [2.24, 2.45) is 11.8 Å². The molecule has 1 N–H and O–H groups in total. The summed E-state index contributed by atoms with van der Waals surface area (Å²) in [5, 5.41) is 4.43. The van der Waals surface area contributed by atoms with Crippen LogP contribution in [0.2, 0.25) is 5.02 Å². The van der Waals surface area contributed by atoms with Gasteiger partial charge in [0.15, 0.2) is 0 Å². The van der Waals surface area contributed by atoms with Crippen LogP contribution in [0.25, 0.3) is 0 Å². The minimum atomic E-state index is 0.613. The van der Waals surface area contributed by atoms with Gasteiger partial charge in [-0.25, -0.2) is 0 Å². The first-order chi connectivity index (χ1) is 9.08. The summed E-state index contributed by atoms with van der Waals surface area (Å²) in [6.07, 6.45) is 3.90. The van der Waals surface area contributed by atoms with Gasteiger partial charge in [-0.15, -0.1) is 0 Å². The van der Waals surface area contributed by atoms with Crippen LogP contribution in [0.15, 0.2) is 18.2 Å². The smallest absolute Gasteiger partial charge is 0.123 e. The lowest BCUT2D eigenvalue weighted by atomic mass is 9.80. The van der Waals surface area contributed by atoms with Gasteiger partial charge < -0.3 is 10.1 Å². The Bertz CT molecular complexity index is 411. The summed E-state index contributed by atoms with van der Waals surface area (Å²) >= 11 is 6.06. The Balaban J connectivity index is 1.96. The Hall–Kier alpha value is -0.730. The van der Waals surface area contributed by atoms with Gasteiger partial charge in [0.2, 0.25) is 0 Å². The number of hydrogen-bond acceptors (Lipinski definition) is 2. The van der Waals surface area contributed by atoms with Crippen molar-refractivity contribution in [2.75, 3.05) is 7.11 Å². The molecule has 106 valence electrons. The third-order valence-corrected chi connectivity index (χ3v) is 4.24. The van der Waals surface area contributed by atoms with E-state index in [1.54, 1.807) is 7.11 Å². The van der Waals surface area contributed by atoms with E-state index in [-0.39, 0.29) is 0 Å². The molecule has 2 nitrogen and oxygen atoms in total. The third-order valence-electron chi connectivity index (χ3n) is 4.00. The highest BCUT2D eigenvalue weighted by Gasteiger charge is 2.23. The standard InChI is InChI=1S/C16H24ClNO/c1-11-6-12(2)8-15(7-11)18-10-13-9-14(17)4-5-16(13)19-3/h4-5,9,11-12,15,18H,6-8,10H2,1-3H3. The van der Waals surface area contributed by atoms with E-state index < -0.39 is 0 Å². The molecule has 1 aliphatic carbocycles. The van der Waals surface area contributed by atoms with E-state index >= 15 is 0 Å². The summed E-state index contributed by atoms with van der Waals surface area (Å²) < 4.78 is 5.38. The van der Waals surface area contributed by atoms with Crippen molar-refractivity contribution in [2.45, 2.75) is 45.7 Å². The second-order valence-corrected chi connectivity index (χ2v) is 6.39. The molecule has 2 rings (SSSR count). The van der Waals surface area contributed by atoms with Crippen LogP contribution in [-0.2, 0) is 6.54 Å². The highest BCUT2D eigenvalue weighted by atomic mass is 35.5. The molecule has 0 spiro atoms. The maximum atomic E-state index is 6.06. The van der Waals surface area contributed by atoms with Crippen molar-refractivity contribution in [1.29, 1.82) is 0 Å². The Morgan fingerprint density at radius 3 is 2.53 bits per heavy atom. The molecule has 0 aliphatic heterocycles. The molecule has 0 radical (unpaired) electrons. The normalized spacial score (nSPS) is 27.3. The van der Waals surface area contributed by atoms with Gasteiger partial charge in [0.05, 0.1) is 7.11 Å². The summed E-state index contributed by atoms with van der Waals surface area (Å²) in [6, 6.07) is 6.41. The minimum absolute atomic E-state index is 0.613. The molecule has 2 unspecified atom stereocenters. The molecule has 0 bridgehead atoms. The molecular formula is C16H24ClNO. The lowest BCUT2D eigenvalue weighted by Gasteiger charge is -2.32. The summed E-state index contributed by atoms with van der Waals surface area (Å²) in [7, 11) is 1.71. The quantitative estimate of drug-likeness (QED) is 0.890. The van der Waals surface area contributed by atoms with Crippen LogP contribution >= 0.6 is 11.6 Å². The molecule has 0 amide bonds. The van der Waals surface area contributed by atoms with Crippen LogP contribution in [0.5, 0.6) is 5.75 Å². The molecule has 0 heterocycles. The maximum Gasteiger partial charge on any atom is 0.123 e. The summed E-state index contributed by atoms with van der Waals surface area (Å²) in [5.41, 5.74) is 1.14. The summed E-state index contributed by atoms with van der Waals surface area (Å²) in [6.45, 7) is 5.53. The number of nitrogens with one attached hydrogen (secondary N) is 1. The Morgan fingerprint density at radius 1 is 1.21 bits per heavy atom. The van der Waals surface area contributed by atoms with E-state index in [0.29, 0.717) is 6.04 Å². The van der Waals surface area contributed by atoms with Crippen LogP contribution in [0, 0.1) is 11.8 Å². The van der Waals surface area contributed by atoms with E-state index in [9.17, 15) is 0 Å². The van der Waals surface area contributed by atoms with E-state index in [1.807, 2.05) is 18.2 Å². The van der Waals surface area contributed by atoms with Crippen molar-refractivity contribution in [3.05, 3.63) is 28.8 Å². The van der Waals surface area contributed by atoms with Gasteiger partial charge >= 0.3 is 0 Å². The van der Waals surface area contributed by atoms with E-state index in [0.717, 1.165) is 34.7 Å². The maximum absolute atomic E-state index is 6.06. The molecular weight excluding hydrogens is 258 g/mol. The van der Waals surface area contributed by atoms with Gasteiger partial charge in [0, 0.05) is 23.2 Å². The first-order valence-electron chi connectivity index (χ1n) is 7.14. The molecule has 1 saturated carbocycles. The Morgan fingerprint density at radius 2 is 1.89 bits per heavy atom. The molecule has 3 heteroatoms. The van der Waals surface area contributed by atoms with Gasteiger partial charge in [0.25, 0.3) is 0 Å². The van der Waals surface area contributed by atoms with Crippen molar-refractivity contribution in [3.8, 4) is 5.75 Å².